The van der Waals surface area contributed by atoms with Crippen molar-refractivity contribution in [3.05, 3.63) is 0 Å². The van der Waals surface area contributed by atoms with E-state index in [-0.39, 0.29) is 18.4 Å². The molecule has 0 spiro atoms. The van der Waals surface area contributed by atoms with Crippen LogP contribution in [-0.4, -0.2) is 25.0 Å². The van der Waals surface area contributed by atoms with Crippen molar-refractivity contribution in [3.8, 4) is 0 Å². The highest BCUT2D eigenvalue weighted by Crippen LogP contribution is 1.97. The van der Waals surface area contributed by atoms with E-state index in [1.807, 2.05) is 13.8 Å². The van der Waals surface area contributed by atoms with Crippen molar-refractivity contribution in [1.29, 1.82) is 0 Å². The van der Waals surface area contributed by atoms with Crippen LogP contribution in [0.5, 0.6) is 0 Å². The van der Waals surface area contributed by atoms with Crippen LogP contribution in [0.25, 0.3) is 0 Å². The van der Waals surface area contributed by atoms with Gasteiger partial charge in [-0.25, -0.2) is 0 Å². The Kier molecular flexibility index (Phi) is 5.16. The Morgan fingerprint density at radius 3 is 2.50 bits per heavy atom. The molecule has 0 amide bonds. The van der Waals surface area contributed by atoms with Gasteiger partial charge in [0, 0.05) is 6.61 Å². The van der Waals surface area contributed by atoms with Gasteiger partial charge in [-0.3, -0.25) is 4.79 Å². The first-order valence-corrected chi connectivity index (χ1v) is 3.60. The normalized spacial score (nSPS) is 13.1. The highest BCUT2D eigenvalue weighted by Gasteiger charge is 2.13. The molecule has 60 valence electrons. The highest BCUT2D eigenvalue weighted by molar-refractivity contribution is 5.84. The third-order valence-corrected chi connectivity index (χ3v) is 1.30. The predicted molar refractivity (Wildman–Crippen MR) is 39.8 cm³/mol. The van der Waals surface area contributed by atoms with E-state index in [1.54, 1.807) is 0 Å². The second kappa shape index (κ2) is 5.38. The molecular formula is C7H15NO2. The van der Waals surface area contributed by atoms with Crippen molar-refractivity contribution in [2.75, 3.05) is 13.2 Å². The topological polar surface area (TPSA) is 52.3 Å². The summed E-state index contributed by atoms with van der Waals surface area (Å²) in [7, 11) is 0. The molecule has 0 bridgehead atoms. The lowest BCUT2D eigenvalue weighted by Crippen LogP contribution is -2.29. The molecule has 0 aromatic carbocycles. The molecule has 0 saturated heterocycles. The molecule has 0 aliphatic heterocycles. The third kappa shape index (κ3) is 2.94. The second-order valence-electron chi connectivity index (χ2n) is 2.02. The SMILES string of the molecule is CCOC(CC)C(=O)CN. The van der Waals surface area contributed by atoms with E-state index >= 15 is 0 Å². The van der Waals surface area contributed by atoms with Gasteiger partial charge in [0.15, 0.2) is 5.78 Å². The minimum atomic E-state index is -0.282. The van der Waals surface area contributed by atoms with Crippen LogP contribution in [0.1, 0.15) is 20.3 Å². The second-order valence-corrected chi connectivity index (χ2v) is 2.02. The van der Waals surface area contributed by atoms with Crippen LogP contribution >= 0.6 is 0 Å². The van der Waals surface area contributed by atoms with Gasteiger partial charge in [-0.1, -0.05) is 6.92 Å². The number of hydrogen-bond acceptors (Lipinski definition) is 3. The molecule has 0 aromatic heterocycles. The van der Waals surface area contributed by atoms with Gasteiger partial charge in [-0.15, -0.1) is 0 Å². The van der Waals surface area contributed by atoms with Crippen LogP contribution in [0.2, 0.25) is 0 Å². The predicted octanol–water partition coefficient (Wildman–Crippen LogP) is 0.329. The van der Waals surface area contributed by atoms with Gasteiger partial charge in [0.25, 0.3) is 0 Å². The third-order valence-electron chi connectivity index (χ3n) is 1.30. The first kappa shape index (κ1) is 9.59. The van der Waals surface area contributed by atoms with Crippen LogP contribution in [-0.2, 0) is 9.53 Å². The number of rotatable bonds is 5. The van der Waals surface area contributed by atoms with Crippen molar-refractivity contribution in [1.82, 2.24) is 0 Å². The zero-order valence-corrected chi connectivity index (χ0v) is 6.59. The lowest BCUT2D eigenvalue weighted by atomic mass is 10.2. The van der Waals surface area contributed by atoms with E-state index < -0.39 is 0 Å². The monoisotopic (exact) mass is 145 g/mol. The fraction of sp³-hybridized carbons (Fsp3) is 0.857. The van der Waals surface area contributed by atoms with Crippen molar-refractivity contribution in [2.45, 2.75) is 26.4 Å². The lowest BCUT2D eigenvalue weighted by molar-refractivity contribution is -0.129. The average molecular weight is 145 g/mol. The van der Waals surface area contributed by atoms with E-state index in [2.05, 4.69) is 0 Å². The fourth-order valence-electron chi connectivity index (χ4n) is 0.771. The molecule has 0 radical (unpaired) electrons. The van der Waals surface area contributed by atoms with Crippen LogP contribution in [0, 0.1) is 0 Å². The molecule has 0 heterocycles. The molecule has 10 heavy (non-hydrogen) atoms. The number of carbonyl (C=O) groups is 1. The number of hydrogen-bond donors (Lipinski definition) is 1. The van der Waals surface area contributed by atoms with Crippen LogP contribution in [0.4, 0.5) is 0 Å². The summed E-state index contributed by atoms with van der Waals surface area (Å²) in [4.78, 5) is 10.9. The van der Waals surface area contributed by atoms with E-state index in [0.717, 1.165) is 0 Å². The molecule has 0 aromatic rings. The number of ether oxygens (including phenoxy) is 1. The molecule has 0 saturated carbocycles. The van der Waals surface area contributed by atoms with Gasteiger partial charge in [0.1, 0.15) is 6.10 Å². The molecule has 0 aliphatic carbocycles. The molecule has 0 fully saturated rings. The lowest BCUT2D eigenvalue weighted by Gasteiger charge is -2.11. The molecule has 2 N–H and O–H groups in total. The van der Waals surface area contributed by atoms with Crippen molar-refractivity contribution in [3.63, 3.8) is 0 Å². The summed E-state index contributed by atoms with van der Waals surface area (Å²) in [5, 5.41) is 0. The Balaban J connectivity index is 3.68. The van der Waals surface area contributed by atoms with Crippen molar-refractivity contribution >= 4 is 5.78 Å². The standard InChI is InChI=1S/C7H15NO2/c1-3-7(10-4-2)6(9)5-8/h7H,3-5,8H2,1-2H3. The molecule has 1 unspecified atom stereocenters. The maximum Gasteiger partial charge on any atom is 0.174 e. The van der Waals surface area contributed by atoms with E-state index in [9.17, 15) is 4.79 Å². The highest BCUT2D eigenvalue weighted by atomic mass is 16.5. The smallest absolute Gasteiger partial charge is 0.174 e. The molecular weight excluding hydrogens is 130 g/mol. The first-order valence-electron chi connectivity index (χ1n) is 3.60. The molecule has 1 atom stereocenters. The minimum Gasteiger partial charge on any atom is -0.371 e. The van der Waals surface area contributed by atoms with Crippen LogP contribution < -0.4 is 5.73 Å². The van der Waals surface area contributed by atoms with Gasteiger partial charge >= 0.3 is 0 Å². The fourth-order valence-corrected chi connectivity index (χ4v) is 0.771. The Bertz CT molecular complexity index is 104. The molecule has 3 heteroatoms. The largest absolute Gasteiger partial charge is 0.371 e. The number of ketones is 1. The zero-order chi connectivity index (χ0) is 7.98. The average Bonchev–Trinajstić information content (AvgIpc) is 1.99. The summed E-state index contributed by atoms with van der Waals surface area (Å²) < 4.78 is 5.11. The Labute approximate surface area is 61.5 Å². The van der Waals surface area contributed by atoms with Crippen molar-refractivity contribution in [2.24, 2.45) is 5.73 Å². The summed E-state index contributed by atoms with van der Waals surface area (Å²) >= 11 is 0. The summed E-state index contributed by atoms with van der Waals surface area (Å²) in [5.74, 6) is -0.00986. The quantitative estimate of drug-likeness (QED) is 0.606. The Hall–Kier alpha value is -0.410. The summed E-state index contributed by atoms with van der Waals surface area (Å²) in [6, 6.07) is 0. The van der Waals surface area contributed by atoms with Gasteiger partial charge in [0.05, 0.1) is 6.54 Å². The Morgan fingerprint density at radius 1 is 1.60 bits per heavy atom. The van der Waals surface area contributed by atoms with Gasteiger partial charge in [-0.05, 0) is 13.3 Å². The molecule has 0 aliphatic rings. The van der Waals surface area contributed by atoms with E-state index in [0.29, 0.717) is 13.0 Å². The first-order chi connectivity index (χ1) is 4.76. The van der Waals surface area contributed by atoms with Crippen LogP contribution in [0.15, 0.2) is 0 Å². The van der Waals surface area contributed by atoms with E-state index in [4.69, 9.17) is 10.5 Å². The zero-order valence-electron chi connectivity index (χ0n) is 6.59. The van der Waals surface area contributed by atoms with Gasteiger partial charge in [0.2, 0.25) is 0 Å². The molecule has 3 nitrogen and oxygen atoms in total. The maximum absolute atomic E-state index is 10.9. The minimum absolute atomic E-state index is 0.00986. The summed E-state index contributed by atoms with van der Waals surface area (Å²) in [5.41, 5.74) is 5.15. The Morgan fingerprint density at radius 2 is 2.20 bits per heavy atom. The number of carbonyl (C=O) groups excluding carboxylic acids is 1. The maximum atomic E-state index is 10.9. The van der Waals surface area contributed by atoms with Gasteiger partial charge in [-0.2, -0.15) is 0 Å². The molecule has 0 rings (SSSR count). The van der Waals surface area contributed by atoms with E-state index in [1.165, 1.54) is 0 Å². The van der Waals surface area contributed by atoms with Gasteiger partial charge < -0.3 is 10.5 Å². The number of nitrogens with two attached hydrogens (primary N) is 1. The summed E-state index contributed by atoms with van der Waals surface area (Å²) in [6.07, 6.45) is 0.430. The van der Waals surface area contributed by atoms with Crippen LogP contribution in [0.3, 0.4) is 0 Å². The number of Topliss-reactive ketones (excluding diaryl/α,β-unsaturated/α-hetero) is 1. The summed E-state index contributed by atoms with van der Waals surface area (Å²) in [6.45, 7) is 4.43. The van der Waals surface area contributed by atoms with Crippen molar-refractivity contribution < 1.29 is 9.53 Å².